The van der Waals surface area contributed by atoms with Gasteiger partial charge in [0.15, 0.2) is 0 Å². The fourth-order valence-electron chi connectivity index (χ4n) is 4.20. The Morgan fingerprint density at radius 2 is 1.79 bits per heavy atom. The van der Waals surface area contributed by atoms with E-state index in [-0.39, 0.29) is 0 Å². The number of phenolic OH excluding ortho intramolecular Hbond substituents is 1. The van der Waals surface area contributed by atoms with E-state index in [9.17, 15) is 5.11 Å². The minimum atomic E-state index is -0.439. The Bertz CT molecular complexity index is 855. The lowest BCUT2D eigenvalue weighted by Gasteiger charge is -2.33. The van der Waals surface area contributed by atoms with E-state index in [0.717, 1.165) is 28.0 Å². The van der Waals surface area contributed by atoms with Crippen molar-refractivity contribution in [3.63, 3.8) is 0 Å². The smallest absolute Gasteiger partial charge is 0.132 e. The van der Waals surface area contributed by atoms with Crippen molar-refractivity contribution in [3.8, 4) is 11.5 Å². The molecule has 3 rings (SSSR count). The summed E-state index contributed by atoms with van der Waals surface area (Å²) >= 11 is 0. The van der Waals surface area contributed by atoms with Crippen molar-refractivity contribution in [2.45, 2.75) is 78.2 Å². The third-order valence-electron chi connectivity index (χ3n) is 6.12. The predicted octanol–water partition coefficient (Wildman–Crippen LogP) is 7.10. The number of pyridine rings is 1. The van der Waals surface area contributed by atoms with Crippen LogP contribution in [0.25, 0.3) is 5.57 Å². The molecule has 0 aliphatic carbocycles. The number of ether oxygens (including phenoxy) is 1. The number of aromatic hydroxyl groups is 1. The number of rotatable bonds is 8. The molecule has 1 aliphatic rings. The van der Waals surface area contributed by atoms with Gasteiger partial charge < -0.3 is 9.84 Å². The van der Waals surface area contributed by atoms with Crippen LogP contribution in [0.3, 0.4) is 0 Å². The molecule has 156 valence electrons. The van der Waals surface area contributed by atoms with Gasteiger partial charge in [0.2, 0.25) is 0 Å². The molecule has 0 bridgehead atoms. The topological polar surface area (TPSA) is 42.4 Å². The predicted molar refractivity (Wildman–Crippen MR) is 120 cm³/mol. The molecule has 2 heterocycles. The zero-order chi connectivity index (χ0) is 21.0. The van der Waals surface area contributed by atoms with E-state index >= 15 is 0 Å². The lowest BCUT2D eigenvalue weighted by atomic mass is 9.83. The molecular weight excluding hydrogens is 358 g/mol. The number of aromatic nitrogens is 1. The second-order valence-electron chi connectivity index (χ2n) is 9.03. The fraction of sp³-hybridized carbons (Fsp3) is 0.500. The second-order valence-corrected chi connectivity index (χ2v) is 9.03. The molecule has 2 unspecified atom stereocenters. The summed E-state index contributed by atoms with van der Waals surface area (Å²) in [4.78, 5) is 4.13. The number of hydrogen-bond acceptors (Lipinski definition) is 3. The molecule has 0 saturated heterocycles. The Balaban J connectivity index is 1.91. The normalized spacial score (nSPS) is 17.1. The summed E-state index contributed by atoms with van der Waals surface area (Å²) in [5, 5.41) is 11.0. The van der Waals surface area contributed by atoms with Crippen molar-refractivity contribution in [1.82, 2.24) is 4.98 Å². The Labute approximate surface area is 175 Å². The first-order chi connectivity index (χ1) is 13.8. The molecule has 3 heteroatoms. The highest BCUT2D eigenvalue weighted by atomic mass is 16.5. The first kappa shape index (κ1) is 21.4. The van der Waals surface area contributed by atoms with Crippen LogP contribution in [0.2, 0.25) is 0 Å². The summed E-state index contributed by atoms with van der Waals surface area (Å²) in [7, 11) is 0. The summed E-state index contributed by atoms with van der Waals surface area (Å²) in [5.74, 6) is 2.00. The van der Waals surface area contributed by atoms with Gasteiger partial charge in [-0.1, -0.05) is 52.9 Å². The highest BCUT2D eigenvalue weighted by Gasteiger charge is 2.30. The molecule has 2 aromatic rings. The SMILES string of the molecule is CCCCCCC(C)C(C)c1cc(O)c2c(c1)OC(C)(C)C=C2c1ccncc1. The van der Waals surface area contributed by atoms with Crippen molar-refractivity contribution in [2.75, 3.05) is 0 Å². The van der Waals surface area contributed by atoms with Gasteiger partial charge in [0.05, 0.1) is 5.56 Å². The number of hydrogen-bond donors (Lipinski definition) is 1. The van der Waals surface area contributed by atoms with Crippen LogP contribution in [0.15, 0.2) is 42.7 Å². The summed E-state index contributed by atoms with van der Waals surface area (Å²) in [5.41, 5.74) is 3.53. The van der Waals surface area contributed by atoms with Gasteiger partial charge in [0, 0.05) is 12.4 Å². The third kappa shape index (κ3) is 5.01. The maximum atomic E-state index is 11.0. The average molecular weight is 394 g/mol. The van der Waals surface area contributed by atoms with Gasteiger partial charge in [-0.25, -0.2) is 0 Å². The summed E-state index contributed by atoms with van der Waals surface area (Å²) in [6, 6.07) is 8.03. The molecule has 2 atom stereocenters. The highest BCUT2D eigenvalue weighted by Crippen LogP contribution is 2.46. The molecule has 0 fully saturated rings. The van der Waals surface area contributed by atoms with Crippen molar-refractivity contribution in [1.29, 1.82) is 0 Å². The van der Waals surface area contributed by atoms with Crippen LogP contribution in [0.4, 0.5) is 0 Å². The Morgan fingerprint density at radius 1 is 1.07 bits per heavy atom. The highest BCUT2D eigenvalue weighted by molar-refractivity contribution is 5.87. The molecule has 1 aromatic heterocycles. The van der Waals surface area contributed by atoms with Crippen LogP contribution in [0, 0.1) is 5.92 Å². The van der Waals surface area contributed by atoms with E-state index < -0.39 is 5.60 Å². The van der Waals surface area contributed by atoms with Crippen LogP contribution < -0.4 is 4.74 Å². The minimum Gasteiger partial charge on any atom is -0.507 e. The zero-order valence-electron chi connectivity index (χ0n) is 18.5. The van der Waals surface area contributed by atoms with E-state index in [1.54, 1.807) is 12.4 Å². The van der Waals surface area contributed by atoms with E-state index in [1.165, 1.54) is 32.1 Å². The molecule has 0 amide bonds. The molecule has 3 nitrogen and oxygen atoms in total. The van der Waals surface area contributed by atoms with Crippen molar-refractivity contribution >= 4 is 5.57 Å². The maximum absolute atomic E-state index is 11.0. The quantitative estimate of drug-likeness (QED) is 0.486. The van der Waals surface area contributed by atoms with Gasteiger partial charge in [0.1, 0.15) is 17.1 Å². The molecule has 1 aromatic carbocycles. The number of unbranched alkanes of at least 4 members (excludes halogenated alkanes) is 3. The van der Waals surface area contributed by atoms with Crippen LogP contribution in [-0.2, 0) is 0 Å². The van der Waals surface area contributed by atoms with Crippen molar-refractivity contribution < 1.29 is 9.84 Å². The molecule has 0 radical (unpaired) electrons. The number of fused-ring (bicyclic) bond motifs is 1. The molecule has 1 aliphatic heterocycles. The minimum absolute atomic E-state index is 0.293. The second kappa shape index (κ2) is 9.02. The Hall–Kier alpha value is -2.29. The van der Waals surface area contributed by atoms with Crippen molar-refractivity contribution in [2.24, 2.45) is 5.92 Å². The van der Waals surface area contributed by atoms with E-state index in [4.69, 9.17) is 4.74 Å². The fourth-order valence-corrected chi connectivity index (χ4v) is 4.20. The van der Waals surface area contributed by atoms with Crippen LogP contribution in [0.1, 0.15) is 89.3 Å². The summed E-state index contributed by atoms with van der Waals surface area (Å²) in [6.07, 6.45) is 12.0. The third-order valence-corrected chi connectivity index (χ3v) is 6.12. The first-order valence-electron chi connectivity index (χ1n) is 11.0. The van der Waals surface area contributed by atoms with E-state index in [1.807, 2.05) is 18.2 Å². The summed E-state index contributed by atoms with van der Waals surface area (Å²) in [6.45, 7) is 10.9. The van der Waals surface area contributed by atoms with Gasteiger partial charge in [-0.15, -0.1) is 0 Å². The monoisotopic (exact) mass is 393 g/mol. The number of phenols is 1. The molecule has 1 N–H and O–H groups in total. The zero-order valence-corrected chi connectivity index (χ0v) is 18.5. The van der Waals surface area contributed by atoms with Gasteiger partial charge in [0.25, 0.3) is 0 Å². The van der Waals surface area contributed by atoms with Crippen LogP contribution in [0.5, 0.6) is 11.5 Å². The van der Waals surface area contributed by atoms with E-state index in [0.29, 0.717) is 17.6 Å². The summed E-state index contributed by atoms with van der Waals surface area (Å²) < 4.78 is 6.28. The van der Waals surface area contributed by atoms with Crippen molar-refractivity contribution in [3.05, 3.63) is 59.4 Å². The van der Waals surface area contributed by atoms with Gasteiger partial charge >= 0.3 is 0 Å². The Morgan fingerprint density at radius 3 is 2.48 bits per heavy atom. The maximum Gasteiger partial charge on any atom is 0.132 e. The van der Waals surface area contributed by atoms with E-state index in [2.05, 4.69) is 51.7 Å². The largest absolute Gasteiger partial charge is 0.507 e. The van der Waals surface area contributed by atoms with Gasteiger partial charge in [-0.2, -0.15) is 0 Å². The van der Waals surface area contributed by atoms with Crippen LogP contribution in [-0.4, -0.2) is 15.7 Å². The lowest BCUT2D eigenvalue weighted by Crippen LogP contribution is -2.29. The molecule has 29 heavy (non-hydrogen) atoms. The molecular formula is C26H35NO2. The van der Waals surface area contributed by atoms with Crippen LogP contribution >= 0.6 is 0 Å². The average Bonchev–Trinajstić information content (AvgIpc) is 2.69. The molecule has 0 saturated carbocycles. The number of nitrogens with zero attached hydrogens (tertiary/aromatic N) is 1. The Kier molecular flexibility index (Phi) is 6.66. The van der Waals surface area contributed by atoms with Gasteiger partial charge in [-0.05, 0) is 72.7 Å². The standard InChI is InChI=1S/C26H35NO2/c1-6-7-8-9-10-18(2)19(3)21-15-23(28)25-22(20-11-13-27-14-12-20)17-26(4,5)29-24(25)16-21/h11-19,28H,6-10H2,1-5H3. The lowest BCUT2D eigenvalue weighted by molar-refractivity contribution is 0.157. The number of benzene rings is 1. The molecule has 0 spiro atoms. The van der Waals surface area contributed by atoms with Gasteiger partial charge in [-0.3, -0.25) is 4.98 Å². The first-order valence-corrected chi connectivity index (χ1v) is 11.0.